The topological polar surface area (TPSA) is 108 Å². The van der Waals surface area contributed by atoms with E-state index in [2.05, 4.69) is 26.2 Å². The third kappa shape index (κ3) is 1.61. The molecule has 2 atom stereocenters. The molecule has 0 aliphatic carbocycles. The lowest BCUT2D eigenvalue weighted by atomic mass is 9.92. The molecule has 1 aromatic rings. The van der Waals surface area contributed by atoms with E-state index in [1.807, 2.05) is 0 Å². The predicted octanol–water partition coefficient (Wildman–Crippen LogP) is -0.374. The Labute approximate surface area is 124 Å². The zero-order valence-electron chi connectivity index (χ0n) is 10.2. The maximum Gasteiger partial charge on any atom is 0.353 e. The smallest absolute Gasteiger partial charge is 0.353 e. The van der Waals surface area contributed by atoms with Gasteiger partial charge in [-0.25, -0.2) is 14.7 Å². The number of nitrogens with zero attached hydrogens (tertiary/aromatic N) is 3. The molecule has 20 heavy (non-hydrogen) atoms. The van der Waals surface area contributed by atoms with E-state index < -0.39 is 10.3 Å². The number of halogens is 1. The highest BCUT2D eigenvalue weighted by atomic mass is 79.9. The van der Waals surface area contributed by atoms with Crippen molar-refractivity contribution >= 4 is 39.6 Å². The second-order valence-electron chi connectivity index (χ2n) is 4.53. The van der Waals surface area contributed by atoms with Crippen molar-refractivity contribution in [2.75, 3.05) is 0 Å². The number of rotatable bonds is 3. The molecule has 106 valence electrons. The van der Waals surface area contributed by atoms with Gasteiger partial charge in [-0.15, -0.1) is 11.8 Å². The minimum atomic E-state index is -1.14. The van der Waals surface area contributed by atoms with Crippen molar-refractivity contribution in [1.82, 2.24) is 19.9 Å². The van der Waals surface area contributed by atoms with Crippen LogP contribution in [0.25, 0.3) is 0 Å². The Kier molecular flexibility index (Phi) is 2.83. The third-order valence-electron chi connectivity index (χ3n) is 3.30. The van der Waals surface area contributed by atoms with Crippen LogP contribution in [0, 0.1) is 0 Å². The van der Waals surface area contributed by atoms with Crippen LogP contribution in [-0.2, 0) is 23.1 Å². The fraction of sp³-hybridized carbons (Fsp3) is 0.400. The largest absolute Gasteiger partial charge is 0.477 e. The first kappa shape index (κ1) is 13.4. The number of carbonyl (C=O) groups excluding carboxylic acids is 1. The first-order valence-electron chi connectivity index (χ1n) is 5.58. The van der Waals surface area contributed by atoms with Crippen molar-refractivity contribution in [3.05, 3.63) is 27.2 Å². The van der Waals surface area contributed by atoms with E-state index in [1.54, 1.807) is 0 Å². The Bertz CT molecular complexity index is 710. The number of aliphatic carboxylic acids is 1. The summed E-state index contributed by atoms with van der Waals surface area (Å²) in [6.07, 6.45) is 0.108. The van der Waals surface area contributed by atoms with Crippen molar-refractivity contribution < 1.29 is 14.7 Å². The number of alkyl halides is 1. The molecule has 1 fully saturated rings. The number of carboxylic acid groups (broad SMARTS) is 1. The molecule has 2 aliphatic rings. The minimum absolute atomic E-state index is 0.0324. The standard InChI is InChI=1S/C10H9BrN4O4S/c1-14-6(16)4(12-13-14)2-10(11)8(19)15-5(7(17)18)3-20-9(10)15/h3,9,13H,2H2,1H3,(H,17,18)/t9-,10?/m0/s1. The molecular formula is C10H9BrN4O4S. The Morgan fingerprint density at radius 1 is 1.65 bits per heavy atom. The van der Waals surface area contributed by atoms with Gasteiger partial charge in [0.25, 0.3) is 5.56 Å². The van der Waals surface area contributed by atoms with Gasteiger partial charge in [0, 0.05) is 18.9 Å². The molecule has 1 unspecified atom stereocenters. The van der Waals surface area contributed by atoms with E-state index in [-0.39, 0.29) is 34.7 Å². The van der Waals surface area contributed by atoms with Gasteiger partial charge in [-0.2, -0.15) is 5.10 Å². The summed E-state index contributed by atoms with van der Waals surface area (Å²) in [5.74, 6) is -1.51. The highest BCUT2D eigenvalue weighted by molar-refractivity contribution is 9.10. The first-order valence-corrected chi connectivity index (χ1v) is 7.31. The van der Waals surface area contributed by atoms with Crippen molar-refractivity contribution in [2.24, 2.45) is 7.05 Å². The Hall–Kier alpha value is -1.55. The van der Waals surface area contributed by atoms with E-state index in [1.165, 1.54) is 33.8 Å². The van der Waals surface area contributed by atoms with Crippen LogP contribution in [0.1, 0.15) is 5.69 Å². The molecule has 0 radical (unpaired) electrons. The maximum atomic E-state index is 12.2. The summed E-state index contributed by atoms with van der Waals surface area (Å²) in [4.78, 5) is 36.2. The molecule has 10 heteroatoms. The van der Waals surface area contributed by atoms with Crippen LogP contribution in [0.5, 0.6) is 0 Å². The average molecular weight is 361 g/mol. The number of fused-ring (bicyclic) bond motifs is 1. The Morgan fingerprint density at radius 2 is 2.35 bits per heavy atom. The Morgan fingerprint density at radius 3 is 2.90 bits per heavy atom. The lowest BCUT2D eigenvalue weighted by Gasteiger charge is -2.48. The summed E-state index contributed by atoms with van der Waals surface area (Å²) in [7, 11) is 1.53. The lowest BCUT2D eigenvalue weighted by Crippen LogP contribution is -2.68. The molecule has 0 saturated carbocycles. The van der Waals surface area contributed by atoms with Gasteiger partial charge in [-0.1, -0.05) is 15.9 Å². The quantitative estimate of drug-likeness (QED) is 0.562. The molecule has 0 aromatic carbocycles. The van der Waals surface area contributed by atoms with Gasteiger partial charge in [0.2, 0.25) is 5.91 Å². The second-order valence-corrected chi connectivity index (χ2v) is 6.90. The molecule has 3 rings (SSSR count). The van der Waals surface area contributed by atoms with E-state index in [4.69, 9.17) is 5.11 Å². The molecule has 2 aliphatic heterocycles. The number of hydrogen-bond acceptors (Lipinski definition) is 5. The zero-order chi connectivity index (χ0) is 14.7. The van der Waals surface area contributed by atoms with Crippen LogP contribution in [0.3, 0.4) is 0 Å². The predicted molar refractivity (Wildman–Crippen MR) is 73.1 cm³/mol. The zero-order valence-corrected chi connectivity index (χ0v) is 12.6. The fourth-order valence-electron chi connectivity index (χ4n) is 2.24. The summed E-state index contributed by atoms with van der Waals surface area (Å²) in [5, 5.41) is 16.4. The molecule has 1 saturated heterocycles. The van der Waals surface area contributed by atoms with Gasteiger partial charge in [0.1, 0.15) is 21.1 Å². The van der Waals surface area contributed by atoms with E-state index >= 15 is 0 Å². The number of carbonyl (C=O) groups is 2. The number of thioether (sulfide) groups is 1. The summed E-state index contributed by atoms with van der Waals surface area (Å²) in [6, 6.07) is 0. The van der Waals surface area contributed by atoms with Gasteiger partial charge in [-0.05, 0) is 0 Å². The highest BCUT2D eigenvalue weighted by Crippen LogP contribution is 2.52. The molecule has 0 bridgehead atoms. The number of H-pyrrole nitrogens is 1. The average Bonchev–Trinajstić information content (AvgIpc) is 2.95. The number of aromatic nitrogens is 3. The van der Waals surface area contributed by atoms with Gasteiger partial charge in [-0.3, -0.25) is 14.5 Å². The maximum absolute atomic E-state index is 12.2. The summed E-state index contributed by atoms with van der Waals surface area (Å²) < 4.78 is 0.224. The number of aromatic amines is 1. The number of aryl methyl sites for hydroxylation is 1. The molecule has 2 N–H and O–H groups in total. The number of carboxylic acids is 1. The summed E-state index contributed by atoms with van der Waals surface area (Å²) in [6.45, 7) is 0. The summed E-state index contributed by atoms with van der Waals surface area (Å²) in [5.41, 5.74) is -0.0961. The van der Waals surface area contributed by atoms with Crippen molar-refractivity contribution in [1.29, 1.82) is 0 Å². The van der Waals surface area contributed by atoms with E-state index in [0.717, 1.165) is 0 Å². The fourth-order valence-corrected chi connectivity index (χ4v) is 4.43. The first-order chi connectivity index (χ1) is 9.36. The minimum Gasteiger partial charge on any atom is -0.477 e. The SMILES string of the molecule is Cn1[nH]nc(CC2(Br)C(=O)N3C(C(=O)O)=CS[C@H]32)c1=O. The Balaban J connectivity index is 1.86. The van der Waals surface area contributed by atoms with Crippen molar-refractivity contribution in [2.45, 2.75) is 16.1 Å². The van der Waals surface area contributed by atoms with Gasteiger partial charge < -0.3 is 5.11 Å². The second kappa shape index (κ2) is 4.22. The lowest BCUT2D eigenvalue weighted by molar-refractivity contribution is -0.148. The molecule has 1 aromatic heterocycles. The number of hydrogen-bond donors (Lipinski definition) is 2. The number of amides is 1. The highest BCUT2D eigenvalue weighted by Gasteiger charge is 2.64. The van der Waals surface area contributed by atoms with Crippen LogP contribution in [0.15, 0.2) is 15.9 Å². The normalized spacial score (nSPS) is 28.1. The van der Waals surface area contributed by atoms with Gasteiger partial charge in [0.15, 0.2) is 0 Å². The van der Waals surface area contributed by atoms with Gasteiger partial charge >= 0.3 is 5.97 Å². The van der Waals surface area contributed by atoms with Gasteiger partial charge in [0.05, 0.1) is 0 Å². The van der Waals surface area contributed by atoms with Crippen LogP contribution in [0.4, 0.5) is 0 Å². The molecule has 3 heterocycles. The monoisotopic (exact) mass is 360 g/mol. The van der Waals surface area contributed by atoms with E-state index in [9.17, 15) is 14.4 Å². The van der Waals surface area contributed by atoms with Crippen LogP contribution in [0.2, 0.25) is 0 Å². The number of β-lactam (4-membered cyclic amide) rings is 1. The number of nitrogens with one attached hydrogen (secondary N) is 1. The van der Waals surface area contributed by atoms with Crippen LogP contribution < -0.4 is 5.56 Å². The summed E-state index contributed by atoms with van der Waals surface area (Å²) >= 11 is 4.60. The van der Waals surface area contributed by atoms with Crippen molar-refractivity contribution in [3.8, 4) is 0 Å². The van der Waals surface area contributed by atoms with Crippen molar-refractivity contribution in [3.63, 3.8) is 0 Å². The third-order valence-corrected chi connectivity index (χ3v) is 5.89. The van der Waals surface area contributed by atoms with Crippen LogP contribution >= 0.6 is 27.7 Å². The van der Waals surface area contributed by atoms with Crippen LogP contribution in [-0.4, -0.2) is 46.6 Å². The molecule has 8 nitrogen and oxygen atoms in total. The molecule has 0 spiro atoms. The molecule has 1 amide bonds. The molecular weight excluding hydrogens is 352 g/mol. The van der Waals surface area contributed by atoms with E-state index in [0.29, 0.717) is 0 Å².